The second kappa shape index (κ2) is 12.6. The number of carbonyl (C=O) groups excluding carboxylic acids is 1. The molecule has 2 heterocycles. The van der Waals surface area contributed by atoms with Gasteiger partial charge in [0.1, 0.15) is 0 Å². The minimum Gasteiger partial charge on any atom is -0.450 e. The fourth-order valence-corrected chi connectivity index (χ4v) is 3.53. The van der Waals surface area contributed by atoms with E-state index in [-0.39, 0.29) is 30.1 Å². The van der Waals surface area contributed by atoms with Crippen LogP contribution in [0.1, 0.15) is 33.6 Å². The Balaban J connectivity index is 0.00000338. The van der Waals surface area contributed by atoms with Gasteiger partial charge in [0.25, 0.3) is 0 Å². The maximum Gasteiger partial charge on any atom is 0.409 e. The molecule has 0 spiro atoms. The number of likely N-dealkylation sites (tertiary alicyclic amines) is 1. The second-order valence-corrected chi connectivity index (χ2v) is 6.96. The van der Waals surface area contributed by atoms with Gasteiger partial charge in [0, 0.05) is 45.8 Å². The zero-order chi connectivity index (χ0) is 18.1. The molecule has 1 unspecified atom stereocenters. The zero-order valence-corrected chi connectivity index (χ0v) is 18.9. The van der Waals surface area contributed by atoms with Gasteiger partial charge in [-0.3, -0.25) is 4.99 Å². The molecule has 0 aromatic heterocycles. The summed E-state index contributed by atoms with van der Waals surface area (Å²) in [6.45, 7) is 14.8. The number of piperazine rings is 1. The highest BCUT2D eigenvalue weighted by atomic mass is 127. The number of hydrogen-bond donors (Lipinski definition) is 1. The Bertz CT molecular complexity index is 441. The number of rotatable bonds is 5. The van der Waals surface area contributed by atoms with Gasteiger partial charge < -0.3 is 24.8 Å². The molecule has 0 aromatic rings. The van der Waals surface area contributed by atoms with Crippen LogP contribution in [0.3, 0.4) is 0 Å². The van der Waals surface area contributed by atoms with Gasteiger partial charge in [0.2, 0.25) is 0 Å². The largest absolute Gasteiger partial charge is 0.450 e. The average molecular weight is 481 g/mol. The maximum atomic E-state index is 11.8. The molecule has 8 heteroatoms. The van der Waals surface area contributed by atoms with E-state index in [0.717, 1.165) is 44.6 Å². The van der Waals surface area contributed by atoms with Crippen LogP contribution in [0.25, 0.3) is 0 Å². The molecule has 0 bridgehead atoms. The van der Waals surface area contributed by atoms with Gasteiger partial charge in [0.15, 0.2) is 5.96 Å². The summed E-state index contributed by atoms with van der Waals surface area (Å²) < 4.78 is 5.08. The molecular weight excluding hydrogens is 445 g/mol. The van der Waals surface area contributed by atoms with Crippen molar-refractivity contribution in [2.75, 3.05) is 65.5 Å². The number of aliphatic imine (C=N–C) groups is 1. The monoisotopic (exact) mass is 481 g/mol. The van der Waals surface area contributed by atoms with Crippen molar-refractivity contribution >= 4 is 36.0 Å². The van der Waals surface area contributed by atoms with E-state index in [1.807, 2.05) is 6.92 Å². The van der Waals surface area contributed by atoms with Gasteiger partial charge in [-0.1, -0.05) is 6.92 Å². The molecule has 2 rings (SSSR count). The molecule has 0 aromatic carbocycles. The summed E-state index contributed by atoms with van der Waals surface area (Å²) in [5.41, 5.74) is 0. The molecule has 0 radical (unpaired) electrons. The van der Waals surface area contributed by atoms with Gasteiger partial charge in [-0.15, -0.1) is 24.0 Å². The van der Waals surface area contributed by atoms with Crippen LogP contribution >= 0.6 is 24.0 Å². The first-order valence-corrected chi connectivity index (χ1v) is 9.81. The highest BCUT2D eigenvalue weighted by Gasteiger charge is 2.23. The van der Waals surface area contributed by atoms with Gasteiger partial charge >= 0.3 is 6.09 Å². The third-order valence-corrected chi connectivity index (χ3v) is 4.86. The van der Waals surface area contributed by atoms with Crippen molar-refractivity contribution in [3.8, 4) is 0 Å². The van der Waals surface area contributed by atoms with Gasteiger partial charge in [0.05, 0.1) is 13.2 Å². The van der Waals surface area contributed by atoms with Crippen molar-refractivity contribution in [2.45, 2.75) is 33.6 Å². The number of amides is 1. The lowest BCUT2D eigenvalue weighted by atomic mass is 10.0. The van der Waals surface area contributed by atoms with E-state index in [1.54, 1.807) is 4.90 Å². The van der Waals surface area contributed by atoms with Gasteiger partial charge in [-0.05, 0) is 39.2 Å². The Morgan fingerprint density at radius 1 is 1.15 bits per heavy atom. The summed E-state index contributed by atoms with van der Waals surface area (Å²) in [7, 11) is 0. The van der Waals surface area contributed by atoms with Crippen molar-refractivity contribution in [3.05, 3.63) is 0 Å². The molecule has 1 N–H and O–H groups in total. The molecule has 7 nitrogen and oxygen atoms in total. The van der Waals surface area contributed by atoms with Crippen LogP contribution < -0.4 is 5.32 Å². The SMILES string of the molecule is CCNC(=NCCN1CCCC(C)C1)N1CCN(C(=O)OCC)CC1.I. The van der Waals surface area contributed by atoms with E-state index in [1.165, 1.54) is 25.9 Å². The topological polar surface area (TPSA) is 60.4 Å². The molecule has 26 heavy (non-hydrogen) atoms. The molecular formula is C18H36IN5O2. The molecule has 0 saturated carbocycles. The summed E-state index contributed by atoms with van der Waals surface area (Å²) in [6, 6.07) is 0. The molecule has 1 amide bonds. The molecule has 2 fully saturated rings. The standard InChI is InChI=1S/C18H35N5O2.HI/c1-4-19-17(20-8-10-21-9-6-7-16(3)15-21)22-11-13-23(14-12-22)18(24)25-5-2;/h16H,4-15H2,1-3H3,(H,19,20);1H. The Morgan fingerprint density at radius 2 is 1.85 bits per heavy atom. The second-order valence-electron chi connectivity index (χ2n) is 6.96. The maximum absolute atomic E-state index is 11.8. The van der Waals surface area contributed by atoms with Crippen LogP contribution in [0, 0.1) is 5.92 Å². The van der Waals surface area contributed by atoms with Crippen molar-refractivity contribution in [2.24, 2.45) is 10.9 Å². The number of carbonyl (C=O) groups is 1. The Morgan fingerprint density at radius 3 is 2.46 bits per heavy atom. The first-order chi connectivity index (χ1) is 12.1. The Labute approximate surface area is 175 Å². The van der Waals surface area contributed by atoms with Crippen molar-refractivity contribution in [3.63, 3.8) is 0 Å². The number of hydrogen-bond acceptors (Lipinski definition) is 4. The Kier molecular flexibility index (Phi) is 11.3. The predicted molar refractivity (Wildman–Crippen MR) is 116 cm³/mol. The van der Waals surface area contributed by atoms with Crippen molar-refractivity contribution < 1.29 is 9.53 Å². The highest BCUT2D eigenvalue weighted by Crippen LogP contribution is 2.14. The molecule has 0 aliphatic carbocycles. The predicted octanol–water partition coefficient (Wildman–Crippen LogP) is 2.08. The number of nitrogens with one attached hydrogen (secondary N) is 1. The molecule has 2 saturated heterocycles. The summed E-state index contributed by atoms with van der Waals surface area (Å²) in [5, 5.41) is 3.39. The summed E-state index contributed by atoms with van der Waals surface area (Å²) >= 11 is 0. The minimum atomic E-state index is -0.205. The summed E-state index contributed by atoms with van der Waals surface area (Å²) in [6.07, 6.45) is 2.46. The fourth-order valence-electron chi connectivity index (χ4n) is 3.53. The van der Waals surface area contributed by atoms with Crippen LogP contribution in [0.5, 0.6) is 0 Å². The normalized spacial score (nSPS) is 22.0. The fraction of sp³-hybridized carbons (Fsp3) is 0.889. The molecule has 2 aliphatic heterocycles. The van der Waals surface area contributed by atoms with Gasteiger partial charge in [-0.25, -0.2) is 4.79 Å². The van der Waals surface area contributed by atoms with E-state index in [9.17, 15) is 4.79 Å². The smallest absolute Gasteiger partial charge is 0.409 e. The first kappa shape index (κ1) is 23.3. The van der Waals surface area contributed by atoms with E-state index in [0.29, 0.717) is 19.7 Å². The number of guanidine groups is 1. The van der Waals surface area contributed by atoms with Crippen LogP contribution in [-0.2, 0) is 4.74 Å². The van der Waals surface area contributed by atoms with E-state index >= 15 is 0 Å². The van der Waals surface area contributed by atoms with Crippen LogP contribution in [0.15, 0.2) is 4.99 Å². The Hall–Kier alpha value is -0.770. The molecule has 1 atom stereocenters. The first-order valence-electron chi connectivity index (χ1n) is 9.81. The van der Waals surface area contributed by atoms with E-state index in [4.69, 9.17) is 9.73 Å². The number of ether oxygens (including phenoxy) is 1. The average Bonchev–Trinajstić information content (AvgIpc) is 2.61. The number of nitrogens with zero attached hydrogens (tertiary/aromatic N) is 4. The minimum absolute atomic E-state index is 0. The zero-order valence-electron chi connectivity index (χ0n) is 16.6. The lowest BCUT2D eigenvalue weighted by Crippen LogP contribution is -2.54. The third-order valence-electron chi connectivity index (χ3n) is 4.86. The van der Waals surface area contributed by atoms with Crippen molar-refractivity contribution in [1.29, 1.82) is 0 Å². The summed E-state index contributed by atoms with van der Waals surface area (Å²) in [4.78, 5) is 23.2. The quantitative estimate of drug-likeness (QED) is 0.370. The lowest BCUT2D eigenvalue weighted by Gasteiger charge is -2.36. The number of piperidine rings is 1. The van der Waals surface area contributed by atoms with Crippen LogP contribution in [0.2, 0.25) is 0 Å². The molecule has 2 aliphatic rings. The summed E-state index contributed by atoms with van der Waals surface area (Å²) in [5.74, 6) is 1.78. The molecule has 152 valence electrons. The number of halogens is 1. The van der Waals surface area contributed by atoms with E-state index in [2.05, 4.69) is 29.0 Å². The van der Waals surface area contributed by atoms with Crippen LogP contribution in [0.4, 0.5) is 4.79 Å². The third kappa shape index (κ3) is 7.46. The lowest BCUT2D eigenvalue weighted by molar-refractivity contribution is 0.0914. The van der Waals surface area contributed by atoms with E-state index < -0.39 is 0 Å². The van der Waals surface area contributed by atoms with Crippen LogP contribution in [-0.4, -0.2) is 92.3 Å². The highest BCUT2D eigenvalue weighted by molar-refractivity contribution is 14.0. The van der Waals surface area contributed by atoms with Gasteiger partial charge in [-0.2, -0.15) is 0 Å². The van der Waals surface area contributed by atoms with Crippen molar-refractivity contribution in [1.82, 2.24) is 20.0 Å².